The van der Waals surface area contributed by atoms with Crippen LogP contribution >= 0.6 is 0 Å². The number of fused-ring (bicyclic) bond motifs is 1. The summed E-state index contributed by atoms with van der Waals surface area (Å²) in [6.07, 6.45) is 0.918. The first-order valence-corrected chi connectivity index (χ1v) is 9.81. The number of methoxy groups -OCH3 is 1. The maximum atomic E-state index is 14.3. The fourth-order valence-corrected chi connectivity index (χ4v) is 4.00. The summed E-state index contributed by atoms with van der Waals surface area (Å²) in [5, 5.41) is 12.6. The first-order chi connectivity index (χ1) is 13.9. The molecule has 1 unspecified atom stereocenters. The lowest BCUT2D eigenvalue weighted by atomic mass is 9.95. The van der Waals surface area contributed by atoms with Crippen LogP contribution in [0.5, 0.6) is 5.75 Å². The van der Waals surface area contributed by atoms with Crippen molar-refractivity contribution in [1.29, 1.82) is 0 Å². The molecule has 0 saturated heterocycles. The summed E-state index contributed by atoms with van der Waals surface area (Å²) in [6.45, 7) is 7.71. The molecule has 7 heteroatoms. The number of hydrogen-bond donors (Lipinski definition) is 0. The molecule has 3 aromatic rings. The van der Waals surface area contributed by atoms with Gasteiger partial charge in [0, 0.05) is 18.7 Å². The van der Waals surface area contributed by atoms with Gasteiger partial charge in [-0.15, -0.1) is 5.10 Å². The third kappa shape index (κ3) is 3.74. The zero-order valence-electron chi connectivity index (χ0n) is 17.3. The summed E-state index contributed by atoms with van der Waals surface area (Å²) in [7, 11) is 1.60. The average molecular weight is 395 g/mol. The first-order valence-electron chi connectivity index (χ1n) is 9.81. The minimum atomic E-state index is -0.330. The van der Waals surface area contributed by atoms with Crippen LogP contribution in [0, 0.1) is 5.82 Å². The number of halogens is 1. The molecule has 152 valence electrons. The number of nitrogens with zero attached hydrogens (tertiary/aromatic N) is 5. The van der Waals surface area contributed by atoms with Crippen molar-refractivity contribution in [3.8, 4) is 5.75 Å². The Hall–Kier alpha value is -2.80. The van der Waals surface area contributed by atoms with Crippen LogP contribution in [0.15, 0.2) is 42.5 Å². The van der Waals surface area contributed by atoms with E-state index in [4.69, 9.17) is 4.74 Å². The summed E-state index contributed by atoms with van der Waals surface area (Å²) in [4.78, 5) is 2.30. The van der Waals surface area contributed by atoms with Gasteiger partial charge in [-0.3, -0.25) is 4.90 Å². The Labute approximate surface area is 170 Å². The van der Waals surface area contributed by atoms with Gasteiger partial charge in [0.15, 0.2) is 5.82 Å². The molecule has 2 aromatic carbocycles. The van der Waals surface area contributed by atoms with Gasteiger partial charge in [-0.25, -0.2) is 9.07 Å². The molecule has 0 aliphatic carbocycles. The Morgan fingerprint density at radius 2 is 1.86 bits per heavy atom. The summed E-state index contributed by atoms with van der Waals surface area (Å²) >= 11 is 0. The van der Waals surface area contributed by atoms with Crippen LogP contribution in [-0.4, -0.2) is 38.8 Å². The minimum absolute atomic E-state index is 0.307. The quantitative estimate of drug-likeness (QED) is 0.674. The predicted molar refractivity (Wildman–Crippen MR) is 108 cm³/mol. The van der Waals surface area contributed by atoms with Crippen molar-refractivity contribution in [2.45, 2.75) is 45.3 Å². The van der Waals surface area contributed by atoms with Crippen LogP contribution in [0.1, 0.15) is 49.3 Å². The highest BCUT2D eigenvalue weighted by Gasteiger charge is 2.35. The first kappa shape index (κ1) is 19.5. The Bertz CT molecular complexity index is 1010. The van der Waals surface area contributed by atoms with Crippen LogP contribution in [-0.2, 0) is 18.5 Å². The van der Waals surface area contributed by atoms with Gasteiger partial charge in [0.25, 0.3) is 0 Å². The van der Waals surface area contributed by atoms with Crippen molar-refractivity contribution in [1.82, 2.24) is 25.1 Å². The Kier molecular flexibility index (Phi) is 5.08. The topological polar surface area (TPSA) is 56.1 Å². The SMILES string of the molecule is COc1ccc(F)cc1C(c1nnnn1C(C)(C)C)N1CCc2ccccc2C1. The summed E-state index contributed by atoms with van der Waals surface area (Å²) < 4.78 is 21.7. The highest BCUT2D eigenvalue weighted by atomic mass is 19.1. The smallest absolute Gasteiger partial charge is 0.173 e. The van der Waals surface area contributed by atoms with Crippen LogP contribution < -0.4 is 4.74 Å². The van der Waals surface area contributed by atoms with Crippen molar-refractivity contribution in [3.05, 3.63) is 70.8 Å². The second kappa shape index (κ2) is 7.55. The molecule has 2 heterocycles. The molecule has 4 rings (SSSR count). The molecule has 0 bridgehead atoms. The number of ether oxygens (including phenoxy) is 1. The van der Waals surface area contributed by atoms with Gasteiger partial charge in [0.1, 0.15) is 17.6 Å². The molecule has 1 aromatic heterocycles. The summed E-state index contributed by atoms with van der Waals surface area (Å²) in [5.74, 6) is 0.998. The van der Waals surface area contributed by atoms with Crippen molar-refractivity contribution in [2.24, 2.45) is 0 Å². The maximum absolute atomic E-state index is 14.3. The highest BCUT2D eigenvalue weighted by molar-refractivity contribution is 5.40. The lowest BCUT2D eigenvalue weighted by Gasteiger charge is -2.36. The molecular formula is C22H26FN5O. The maximum Gasteiger partial charge on any atom is 0.173 e. The summed E-state index contributed by atoms with van der Waals surface area (Å²) in [5.41, 5.74) is 3.04. The van der Waals surface area contributed by atoms with Gasteiger partial charge in [-0.05, 0) is 66.9 Å². The Balaban J connectivity index is 1.86. The molecule has 6 nitrogen and oxygen atoms in total. The van der Waals surface area contributed by atoms with E-state index in [0.717, 1.165) is 25.1 Å². The third-order valence-corrected chi connectivity index (χ3v) is 5.39. The van der Waals surface area contributed by atoms with Crippen LogP contribution in [0.25, 0.3) is 0 Å². The number of hydrogen-bond acceptors (Lipinski definition) is 5. The van der Waals surface area contributed by atoms with E-state index >= 15 is 0 Å². The average Bonchev–Trinajstić information content (AvgIpc) is 3.18. The molecule has 0 spiro atoms. The number of benzene rings is 2. The number of tetrazole rings is 1. The third-order valence-electron chi connectivity index (χ3n) is 5.39. The van der Waals surface area contributed by atoms with E-state index in [1.807, 2.05) is 4.68 Å². The lowest BCUT2D eigenvalue weighted by molar-refractivity contribution is 0.182. The van der Waals surface area contributed by atoms with E-state index < -0.39 is 0 Å². The molecule has 0 N–H and O–H groups in total. The van der Waals surface area contributed by atoms with Gasteiger partial charge >= 0.3 is 0 Å². The van der Waals surface area contributed by atoms with Gasteiger partial charge in [-0.1, -0.05) is 24.3 Å². The van der Waals surface area contributed by atoms with Crippen LogP contribution in [0.3, 0.4) is 0 Å². The van der Waals surface area contributed by atoms with E-state index in [-0.39, 0.29) is 17.4 Å². The molecule has 1 atom stereocenters. The van der Waals surface area contributed by atoms with E-state index in [1.54, 1.807) is 13.2 Å². The van der Waals surface area contributed by atoms with Crippen LogP contribution in [0.4, 0.5) is 4.39 Å². The van der Waals surface area contributed by atoms with Gasteiger partial charge in [-0.2, -0.15) is 0 Å². The van der Waals surface area contributed by atoms with E-state index in [1.165, 1.54) is 23.3 Å². The van der Waals surface area contributed by atoms with Crippen molar-refractivity contribution in [3.63, 3.8) is 0 Å². The van der Waals surface area contributed by atoms with Crippen molar-refractivity contribution in [2.75, 3.05) is 13.7 Å². The zero-order valence-corrected chi connectivity index (χ0v) is 17.3. The molecule has 0 fully saturated rings. The molecule has 1 aliphatic rings. The van der Waals surface area contributed by atoms with E-state index in [9.17, 15) is 4.39 Å². The molecular weight excluding hydrogens is 369 g/mol. The van der Waals surface area contributed by atoms with Crippen molar-refractivity contribution < 1.29 is 9.13 Å². The molecule has 1 aliphatic heterocycles. The highest BCUT2D eigenvalue weighted by Crippen LogP contribution is 2.38. The van der Waals surface area contributed by atoms with Crippen LogP contribution in [0.2, 0.25) is 0 Å². The standard InChI is InChI=1S/C22H26FN5O/c1-22(2,3)28-21(24-25-26-28)20(18-13-17(23)9-10-19(18)29-4)27-12-11-15-7-5-6-8-16(15)14-27/h5-10,13,20H,11-12,14H2,1-4H3. The molecule has 0 radical (unpaired) electrons. The summed E-state index contributed by atoms with van der Waals surface area (Å²) in [6, 6.07) is 12.7. The van der Waals surface area contributed by atoms with Gasteiger partial charge in [0.05, 0.1) is 12.6 Å². The molecule has 0 amide bonds. The second-order valence-electron chi connectivity index (χ2n) is 8.40. The van der Waals surface area contributed by atoms with E-state index in [2.05, 4.69) is 65.5 Å². The van der Waals surface area contributed by atoms with Gasteiger partial charge < -0.3 is 4.74 Å². The molecule has 29 heavy (non-hydrogen) atoms. The Morgan fingerprint density at radius 1 is 1.10 bits per heavy atom. The van der Waals surface area contributed by atoms with Gasteiger partial charge in [0.2, 0.25) is 0 Å². The fourth-order valence-electron chi connectivity index (χ4n) is 4.00. The lowest BCUT2D eigenvalue weighted by Crippen LogP contribution is -2.38. The number of rotatable bonds is 4. The number of aromatic nitrogens is 4. The molecule has 0 saturated carbocycles. The zero-order chi connectivity index (χ0) is 20.6. The Morgan fingerprint density at radius 3 is 2.59 bits per heavy atom. The van der Waals surface area contributed by atoms with Crippen molar-refractivity contribution >= 4 is 0 Å². The van der Waals surface area contributed by atoms with E-state index in [0.29, 0.717) is 11.6 Å². The fraction of sp³-hybridized carbons (Fsp3) is 0.409. The monoisotopic (exact) mass is 395 g/mol. The largest absolute Gasteiger partial charge is 0.496 e. The minimum Gasteiger partial charge on any atom is -0.496 e. The second-order valence-corrected chi connectivity index (χ2v) is 8.40. The normalized spacial score (nSPS) is 15.8. The predicted octanol–water partition coefficient (Wildman–Crippen LogP) is 3.72.